The van der Waals surface area contributed by atoms with E-state index < -0.39 is 0 Å². The van der Waals surface area contributed by atoms with Crippen LogP contribution < -0.4 is 0 Å². The third-order valence-electron chi connectivity index (χ3n) is 3.36. The SMILES string of the molecule is c1csc(-c2cc3c4sccc4sc3c3nsnc23)c1. The summed E-state index contributed by atoms with van der Waals surface area (Å²) >= 11 is 6.70. The number of hydrogen-bond acceptors (Lipinski definition) is 6. The van der Waals surface area contributed by atoms with Gasteiger partial charge in [-0.3, -0.25) is 0 Å². The van der Waals surface area contributed by atoms with Crippen LogP contribution in [0.2, 0.25) is 0 Å². The molecule has 0 spiro atoms. The summed E-state index contributed by atoms with van der Waals surface area (Å²) in [5.74, 6) is 0. The van der Waals surface area contributed by atoms with Crippen molar-refractivity contribution in [1.29, 1.82) is 0 Å². The number of thiophene rings is 3. The lowest BCUT2D eigenvalue weighted by Crippen LogP contribution is -1.78. The fraction of sp³-hybridized carbons (Fsp3) is 0. The van der Waals surface area contributed by atoms with E-state index in [1.165, 1.54) is 41.7 Å². The Morgan fingerprint density at radius 2 is 1.85 bits per heavy atom. The summed E-state index contributed by atoms with van der Waals surface area (Å²) in [5, 5.41) is 5.60. The molecule has 4 heterocycles. The second kappa shape index (κ2) is 4.08. The maximum absolute atomic E-state index is 4.54. The van der Waals surface area contributed by atoms with Crippen LogP contribution in [0.4, 0.5) is 0 Å². The molecule has 0 saturated heterocycles. The van der Waals surface area contributed by atoms with Crippen molar-refractivity contribution in [1.82, 2.24) is 8.75 Å². The molecule has 0 unspecified atom stereocenters. The van der Waals surface area contributed by atoms with E-state index in [0.29, 0.717) is 0 Å². The van der Waals surface area contributed by atoms with Crippen LogP contribution in [0.15, 0.2) is 35.0 Å². The summed E-state index contributed by atoms with van der Waals surface area (Å²) in [6, 6.07) is 8.73. The molecule has 0 aliphatic heterocycles. The van der Waals surface area contributed by atoms with Crippen molar-refractivity contribution < 1.29 is 0 Å². The molecule has 2 nitrogen and oxygen atoms in total. The van der Waals surface area contributed by atoms with Crippen molar-refractivity contribution in [2.75, 3.05) is 0 Å². The highest BCUT2D eigenvalue weighted by Gasteiger charge is 2.17. The quantitative estimate of drug-likeness (QED) is 0.385. The first-order chi connectivity index (χ1) is 9.92. The summed E-state index contributed by atoms with van der Waals surface area (Å²) in [5.41, 5.74) is 3.31. The van der Waals surface area contributed by atoms with Gasteiger partial charge in [0.1, 0.15) is 11.0 Å². The maximum atomic E-state index is 4.54. The van der Waals surface area contributed by atoms with Gasteiger partial charge in [0.2, 0.25) is 0 Å². The Labute approximate surface area is 130 Å². The number of benzene rings is 1. The van der Waals surface area contributed by atoms with Gasteiger partial charge >= 0.3 is 0 Å². The van der Waals surface area contributed by atoms with Crippen LogP contribution in [0.25, 0.3) is 41.0 Å². The molecule has 20 heavy (non-hydrogen) atoms. The van der Waals surface area contributed by atoms with E-state index in [2.05, 4.69) is 43.8 Å². The third-order valence-corrected chi connectivity index (χ3v) is 7.05. The molecule has 0 amide bonds. The van der Waals surface area contributed by atoms with Gasteiger partial charge in [-0.2, -0.15) is 8.75 Å². The third kappa shape index (κ3) is 1.42. The molecule has 0 saturated carbocycles. The number of rotatable bonds is 1. The van der Waals surface area contributed by atoms with Crippen molar-refractivity contribution in [2.24, 2.45) is 0 Å². The van der Waals surface area contributed by atoms with E-state index >= 15 is 0 Å². The molecule has 0 fully saturated rings. The van der Waals surface area contributed by atoms with Gasteiger partial charge in [0, 0.05) is 20.5 Å². The number of nitrogens with zero attached hydrogens (tertiary/aromatic N) is 2. The molecule has 5 aromatic rings. The standard InChI is InChI=1S/C14H6N2S4/c1-2-9(17-4-1)7-6-8-13-10(3-5-18-13)19-14(8)12-11(7)15-20-16-12/h1-6H. The van der Waals surface area contributed by atoms with Gasteiger partial charge in [-0.15, -0.1) is 34.0 Å². The molecule has 96 valence electrons. The molecule has 1 aromatic carbocycles. The molecule has 0 atom stereocenters. The number of fused-ring (bicyclic) bond motifs is 5. The Hall–Kier alpha value is -1.34. The average Bonchev–Trinajstić information content (AvgIpc) is 3.21. The number of aromatic nitrogens is 2. The monoisotopic (exact) mass is 330 g/mol. The van der Waals surface area contributed by atoms with Crippen molar-refractivity contribution in [3.05, 3.63) is 35.0 Å². The number of hydrogen-bond donors (Lipinski definition) is 0. The lowest BCUT2D eigenvalue weighted by molar-refractivity contribution is 1.68. The molecule has 0 radical (unpaired) electrons. The Kier molecular flexibility index (Phi) is 2.31. The molecular weight excluding hydrogens is 324 g/mol. The van der Waals surface area contributed by atoms with Crippen LogP contribution in [-0.2, 0) is 0 Å². The molecule has 6 heteroatoms. The van der Waals surface area contributed by atoms with Gasteiger partial charge in [0.25, 0.3) is 0 Å². The zero-order valence-corrected chi connectivity index (χ0v) is 13.3. The molecule has 4 aromatic heterocycles. The Morgan fingerprint density at radius 1 is 0.900 bits per heavy atom. The zero-order chi connectivity index (χ0) is 13.1. The lowest BCUT2D eigenvalue weighted by atomic mass is 10.1. The van der Waals surface area contributed by atoms with Gasteiger partial charge in [0.15, 0.2) is 0 Å². The van der Waals surface area contributed by atoms with Gasteiger partial charge in [-0.05, 0) is 29.0 Å². The molecule has 0 N–H and O–H groups in total. The van der Waals surface area contributed by atoms with Crippen molar-refractivity contribution in [3.8, 4) is 10.4 Å². The Morgan fingerprint density at radius 3 is 2.75 bits per heavy atom. The highest BCUT2D eigenvalue weighted by molar-refractivity contribution is 7.32. The minimum atomic E-state index is 1.04. The van der Waals surface area contributed by atoms with E-state index in [4.69, 9.17) is 0 Å². The normalized spacial score (nSPS) is 12.0. The second-order valence-corrected chi connectivity index (χ2v) is 7.90. The fourth-order valence-corrected chi connectivity index (χ4v) is 6.16. The smallest absolute Gasteiger partial charge is 0.123 e. The molecule has 0 bridgehead atoms. The minimum absolute atomic E-state index is 1.04. The Balaban J connectivity index is 2.05. The van der Waals surface area contributed by atoms with E-state index in [1.54, 1.807) is 11.3 Å². The van der Waals surface area contributed by atoms with E-state index in [9.17, 15) is 0 Å². The van der Waals surface area contributed by atoms with E-state index in [-0.39, 0.29) is 0 Å². The van der Waals surface area contributed by atoms with Crippen LogP contribution in [0.5, 0.6) is 0 Å². The highest BCUT2D eigenvalue weighted by atomic mass is 32.1. The fourth-order valence-electron chi connectivity index (χ4n) is 2.50. The predicted octanol–water partition coefficient (Wildman–Crippen LogP) is 5.85. The maximum Gasteiger partial charge on any atom is 0.123 e. The van der Waals surface area contributed by atoms with Gasteiger partial charge in [-0.25, -0.2) is 0 Å². The molecule has 0 aliphatic rings. The first-order valence-electron chi connectivity index (χ1n) is 6.00. The van der Waals surface area contributed by atoms with Crippen molar-refractivity contribution in [3.63, 3.8) is 0 Å². The Bertz CT molecular complexity index is 1050. The zero-order valence-electron chi connectivity index (χ0n) is 9.99. The average molecular weight is 330 g/mol. The first-order valence-corrected chi connectivity index (χ1v) is 9.31. The summed E-state index contributed by atoms with van der Waals surface area (Å²) in [6.07, 6.45) is 0. The molecular formula is C14H6N2S4. The highest BCUT2D eigenvalue weighted by Crippen LogP contribution is 2.44. The first kappa shape index (κ1) is 11.3. The van der Waals surface area contributed by atoms with Crippen molar-refractivity contribution in [2.45, 2.75) is 0 Å². The van der Waals surface area contributed by atoms with Crippen LogP contribution in [-0.4, -0.2) is 8.75 Å². The summed E-state index contributed by atoms with van der Waals surface area (Å²) in [7, 11) is 0. The van der Waals surface area contributed by atoms with Gasteiger partial charge in [-0.1, -0.05) is 6.07 Å². The second-order valence-electron chi connectivity index (χ2n) is 4.46. The van der Waals surface area contributed by atoms with Crippen LogP contribution in [0.3, 0.4) is 0 Å². The van der Waals surface area contributed by atoms with E-state index in [1.807, 2.05) is 22.7 Å². The van der Waals surface area contributed by atoms with Gasteiger partial charge in [0.05, 0.1) is 21.1 Å². The summed E-state index contributed by atoms with van der Waals surface area (Å²) < 4.78 is 13.1. The van der Waals surface area contributed by atoms with Crippen LogP contribution in [0, 0.1) is 0 Å². The summed E-state index contributed by atoms with van der Waals surface area (Å²) in [6.45, 7) is 0. The molecule has 0 aliphatic carbocycles. The van der Waals surface area contributed by atoms with Gasteiger partial charge < -0.3 is 0 Å². The van der Waals surface area contributed by atoms with Crippen molar-refractivity contribution >= 4 is 76.3 Å². The van der Waals surface area contributed by atoms with Crippen LogP contribution >= 0.6 is 45.7 Å². The minimum Gasteiger partial charge on any atom is -0.172 e. The topological polar surface area (TPSA) is 25.8 Å². The van der Waals surface area contributed by atoms with Crippen LogP contribution in [0.1, 0.15) is 0 Å². The summed E-state index contributed by atoms with van der Waals surface area (Å²) in [4.78, 5) is 1.26. The van der Waals surface area contributed by atoms with E-state index in [0.717, 1.165) is 11.0 Å². The predicted molar refractivity (Wildman–Crippen MR) is 91.5 cm³/mol. The lowest BCUT2D eigenvalue weighted by Gasteiger charge is -2.00. The largest absolute Gasteiger partial charge is 0.172 e. The molecule has 5 rings (SSSR count).